The van der Waals surface area contributed by atoms with E-state index in [2.05, 4.69) is 5.32 Å². The molecule has 0 atom stereocenters. The van der Waals surface area contributed by atoms with Crippen LogP contribution >= 0.6 is 0 Å². The van der Waals surface area contributed by atoms with E-state index in [-0.39, 0.29) is 16.9 Å². The molecule has 0 saturated heterocycles. The summed E-state index contributed by atoms with van der Waals surface area (Å²) in [6.45, 7) is 1.59. The number of carbonyl (C=O) groups is 1. The van der Waals surface area contributed by atoms with E-state index in [1.54, 1.807) is 6.92 Å². The number of hydrogen-bond donors (Lipinski definition) is 1. The quantitative estimate of drug-likeness (QED) is 0.556. The van der Waals surface area contributed by atoms with Gasteiger partial charge in [0.1, 0.15) is 0 Å². The molecule has 1 aliphatic carbocycles. The number of nitrogens with one attached hydrogen (secondary N) is 1. The Balaban J connectivity index is 0.000001000. The second-order valence-electron chi connectivity index (χ2n) is 3.04. The van der Waals surface area contributed by atoms with Gasteiger partial charge in [-0.3, -0.25) is 4.79 Å². The Morgan fingerprint density at radius 2 is 1.82 bits per heavy atom. The zero-order chi connectivity index (χ0) is 7.40. The summed E-state index contributed by atoms with van der Waals surface area (Å²) in [5.41, 5.74) is 0. The Hall–Kier alpha value is -0.313. The zero-order valence-corrected chi connectivity index (χ0v) is 6.52. The average Bonchev–Trinajstić information content (AvgIpc) is 1.88. The third kappa shape index (κ3) is 4.19. The number of rotatable bonds is 1. The topological polar surface area (TPSA) is 29.1 Å². The molecule has 1 aliphatic rings. The minimum absolute atomic E-state index is 0. The first-order valence-electron chi connectivity index (χ1n) is 4.06. The molecule has 11 heavy (non-hydrogen) atoms. The summed E-state index contributed by atoms with van der Waals surface area (Å²) in [7, 11) is 0. The molecule has 0 aliphatic heterocycles. The third-order valence-electron chi connectivity index (χ3n) is 2.01. The largest absolute Gasteiger partial charge is 0.354 e. The highest BCUT2D eigenvalue weighted by atomic mass is 28.1. The van der Waals surface area contributed by atoms with Crippen molar-refractivity contribution in [1.82, 2.24) is 5.32 Å². The Labute approximate surface area is 72.8 Å². The van der Waals surface area contributed by atoms with Crippen LogP contribution in [0.4, 0.5) is 0 Å². The monoisotopic (exact) mass is 173 g/mol. The van der Waals surface area contributed by atoms with Gasteiger partial charge in [-0.05, 0) is 23.8 Å². The fourth-order valence-electron chi connectivity index (χ4n) is 1.53. The summed E-state index contributed by atoms with van der Waals surface area (Å²) in [5, 5.41) is 2.94. The Kier molecular flexibility index (Phi) is 5.20. The van der Waals surface area contributed by atoms with Crippen molar-refractivity contribution >= 4 is 16.9 Å². The maximum Gasteiger partial charge on any atom is 0.217 e. The molecule has 1 saturated carbocycles. The van der Waals surface area contributed by atoms with Crippen molar-refractivity contribution in [3.63, 3.8) is 0 Å². The van der Waals surface area contributed by atoms with Crippen LogP contribution in [-0.2, 0) is 4.79 Å². The average molecular weight is 173 g/mol. The molecule has 1 N–H and O–H groups in total. The van der Waals surface area contributed by atoms with Crippen molar-refractivity contribution in [3.05, 3.63) is 0 Å². The van der Waals surface area contributed by atoms with E-state index in [9.17, 15) is 4.79 Å². The molecule has 3 heteroatoms. The first-order valence-corrected chi connectivity index (χ1v) is 4.06. The minimum Gasteiger partial charge on any atom is -0.354 e. The van der Waals surface area contributed by atoms with E-state index in [0.29, 0.717) is 6.04 Å². The lowest BCUT2D eigenvalue weighted by atomic mass is 9.95. The van der Waals surface area contributed by atoms with Gasteiger partial charge < -0.3 is 5.32 Å². The summed E-state index contributed by atoms with van der Waals surface area (Å²) in [5.74, 6) is 0.118. The van der Waals surface area contributed by atoms with Crippen LogP contribution in [0.25, 0.3) is 0 Å². The van der Waals surface area contributed by atoms with Gasteiger partial charge in [0.05, 0.1) is 0 Å². The van der Waals surface area contributed by atoms with Gasteiger partial charge >= 0.3 is 0 Å². The molecule has 66 valence electrons. The van der Waals surface area contributed by atoms with Gasteiger partial charge in [0.25, 0.3) is 0 Å². The molecule has 0 bridgehead atoms. The minimum atomic E-state index is 0. The molecule has 0 aromatic heterocycles. The van der Waals surface area contributed by atoms with Crippen LogP contribution in [0.3, 0.4) is 0 Å². The van der Waals surface area contributed by atoms with Crippen LogP contribution in [0.15, 0.2) is 0 Å². The third-order valence-corrected chi connectivity index (χ3v) is 2.01. The maximum atomic E-state index is 10.6. The second-order valence-corrected chi connectivity index (χ2v) is 3.04. The SMILES string of the molecule is CC(=O)NC1CCCCC1.[SiH4]. The lowest BCUT2D eigenvalue weighted by Crippen LogP contribution is -2.34. The van der Waals surface area contributed by atoms with Gasteiger partial charge in [-0.2, -0.15) is 0 Å². The second kappa shape index (κ2) is 5.35. The molecule has 0 spiro atoms. The van der Waals surface area contributed by atoms with Crippen LogP contribution in [0.1, 0.15) is 39.0 Å². The van der Waals surface area contributed by atoms with E-state index in [1.165, 1.54) is 32.1 Å². The van der Waals surface area contributed by atoms with Gasteiger partial charge in [-0.1, -0.05) is 19.3 Å². The number of amides is 1. The Morgan fingerprint density at radius 1 is 1.27 bits per heavy atom. The van der Waals surface area contributed by atoms with E-state index in [0.717, 1.165) is 0 Å². The van der Waals surface area contributed by atoms with E-state index in [1.807, 2.05) is 0 Å². The Bertz CT molecular complexity index is 121. The van der Waals surface area contributed by atoms with Crippen LogP contribution in [0.5, 0.6) is 0 Å². The van der Waals surface area contributed by atoms with Crippen LogP contribution in [-0.4, -0.2) is 22.9 Å². The smallest absolute Gasteiger partial charge is 0.217 e. The van der Waals surface area contributed by atoms with Crippen molar-refractivity contribution in [2.75, 3.05) is 0 Å². The molecule has 2 nitrogen and oxygen atoms in total. The summed E-state index contributed by atoms with van der Waals surface area (Å²) in [6.07, 6.45) is 6.27. The predicted octanol–water partition coefficient (Wildman–Crippen LogP) is 0.00360. The molecule has 1 rings (SSSR count). The van der Waals surface area contributed by atoms with Crippen LogP contribution in [0.2, 0.25) is 0 Å². The van der Waals surface area contributed by atoms with E-state index < -0.39 is 0 Å². The zero-order valence-electron chi connectivity index (χ0n) is 6.52. The molecule has 0 aromatic rings. The Morgan fingerprint density at radius 3 is 2.27 bits per heavy atom. The molecule has 1 amide bonds. The van der Waals surface area contributed by atoms with Crippen LogP contribution in [0, 0.1) is 0 Å². The predicted molar refractivity (Wildman–Crippen MR) is 52.0 cm³/mol. The summed E-state index contributed by atoms with van der Waals surface area (Å²) in [6, 6.07) is 0.478. The fourth-order valence-corrected chi connectivity index (χ4v) is 1.53. The molecule has 0 aromatic carbocycles. The molecule has 0 unspecified atom stereocenters. The molecule has 0 radical (unpaired) electrons. The van der Waals surface area contributed by atoms with Crippen molar-refractivity contribution in [1.29, 1.82) is 0 Å². The van der Waals surface area contributed by atoms with Gasteiger partial charge in [-0.25, -0.2) is 0 Å². The number of hydrogen-bond acceptors (Lipinski definition) is 1. The highest BCUT2D eigenvalue weighted by Crippen LogP contribution is 2.16. The lowest BCUT2D eigenvalue weighted by molar-refractivity contribution is -0.119. The van der Waals surface area contributed by atoms with Gasteiger partial charge in [-0.15, -0.1) is 0 Å². The highest BCUT2D eigenvalue weighted by molar-refractivity contribution is 5.75. The van der Waals surface area contributed by atoms with Gasteiger partial charge in [0, 0.05) is 13.0 Å². The summed E-state index contributed by atoms with van der Waals surface area (Å²) in [4.78, 5) is 10.6. The van der Waals surface area contributed by atoms with Crippen molar-refractivity contribution in [2.24, 2.45) is 0 Å². The molecular weight excluding hydrogens is 154 g/mol. The van der Waals surface area contributed by atoms with Crippen molar-refractivity contribution < 1.29 is 4.79 Å². The van der Waals surface area contributed by atoms with Gasteiger partial charge in [0.2, 0.25) is 5.91 Å². The highest BCUT2D eigenvalue weighted by Gasteiger charge is 2.12. The molecule has 1 fully saturated rings. The summed E-state index contributed by atoms with van der Waals surface area (Å²) < 4.78 is 0. The molecule has 0 heterocycles. The van der Waals surface area contributed by atoms with Gasteiger partial charge in [0.15, 0.2) is 0 Å². The molecular formula is C8H19NOSi. The van der Waals surface area contributed by atoms with E-state index in [4.69, 9.17) is 0 Å². The normalized spacial score (nSPS) is 18.6. The number of carbonyl (C=O) groups excluding carboxylic acids is 1. The summed E-state index contributed by atoms with van der Waals surface area (Å²) >= 11 is 0. The maximum absolute atomic E-state index is 10.6. The standard InChI is InChI=1S/C8H15NO.H4Si/c1-7(10)9-8-5-3-2-4-6-8;/h8H,2-6H2,1H3,(H,9,10);1H4. The van der Waals surface area contributed by atoms with Crippen LogP contribution < -0.4 is 5.32 Å². The first kappa shape index (κ1) is 10.7. The van der Waals surface area contributed by atoms with E-state index >= 15 is 0 Å². The lowest BCUT2D eigenvalue weighted by Gasteiger charge is -2.21. The van der Waals surface area contributed by atoms with Crippen molar-refractivity contribution in [2.45, 2.75) is 45.1 Å². The van der Waals surface area contributed by atoms with Crippen molar-refractivity contribution in [3.8, 4) is 0 Å². The first-order chi connectivity index (χ1) is 4.79. The fraction of sp³-hybridized carbons (Fsp3) is 0.875.